The molecule has 3 heterocycles. The highest BCUT2D eigenvalue weighted by molar-refractivity contribution is 7.19. The summed E-state index contributed by atoms with van der Waals surface area (Å²) < 4.78 is 13.3. The fourth-order valence-corrected chi connectivity index (χ4v) is 4.53. The third-order valence-electron chi connectivity index (χ3n) is 5.44. The lowest BCUT2D eigenvalue weighted by Crippen LogP contribution is -2.63. The number of fused-ring (bicyclic) bond motifs is 1. The van der Waals surface area contributed by atoms with E-state index < -0.39 is 5.54 Å². The number of piperazine rings is 1. The molecule has 6 nitrogen and oxygen atoms in total. The van der Waals surface area contributed by atoms with Gasteiger partial charge in [-0.3, -0.25) is 9.59 Å². The molecule has 1 aliphatic rings. The van der Waals surface area contributed by atoms with Gasteiger partial charge in [0.05, 0.1) is 5.69 Å². The maximum Gasteiger partial charge on any atom is 0.283 e. The van der Waals surface area contributed by atoms with Crippen molar-refractivity contribution in [2.45, 2.75) is 39.2 Å². The fourth-order valence-electron chi connectivity index (χ4n) is 3.60. The number of nitrogens with one attached hydrogen (secondary N) is 1. The summed E-state index contributed by atoms with van der Waals surface area (Å²) in [5, 5.41) is 3.12. The monoisotopic (exact) mass is 426 g/mol. The van der Waals surface area contributed by atoms with Gasteiger partial charge in [0, 0.05) is 18.7 Å². The van der Waals surface area contributed by atoms with Crippen LogP contribution >= 0.6 is 11.3 Å². The van der Waals surface area contributed by atoms with E-state index in [0.29, 0.717) is 34.1 Å². The number of hydrogen-bond acceptors (Lipinski definition) is 5. The average molecular weight is 427 g/mol. The van der Waals surface area contributed by atoms with Crippen molar-refractivity contribution in [2.24, 2.45) is 0 Å². The highest BCUT2D eigenvalue weighted by Crippen LogP contribution is 2.33. The molecule has 156 valence electrons. The van der Waals surface area contributed by atoms with Crippen LogP contribution in [0.15, 0.2) is 30.3 Å². The SMILES string of the molecule is CC(C)c1cc(-c2ccc(F)cc2)nc2sc(C(=O)N3CCNC(=O)C3(C)C)nc12. The number of amides is 2. The number of thiazole rings is 1. The molecular formula is C22H23FN4O2S. The first-order valence-corrected chi connectivity index (χ1v) is 10.7. The van der Waals surface area contributed by atoms with E-state index in [4.69, 9.17) is 4.98 Å². The average Bonchev–Trinajstić information content (AvgIpc) is 3.13. The summed E-state index contributed by atoms with van der Waals surface area (Å²) in [6.45, 7) is 8.43. The van der Waals surface area contributed by atoms with Crippen molar-refractivity contribution in [1.82, 2.24) is 20.2 Å². The zero-order valence-electron chi connectivity index (χ0n) is 17.3. The lowest BCUT2D eigenvalue weighted by atomic mass is 9.99. The molecule has 30 heavy (non-hydrogen) atoms. The van der Waals surface area contributed by atoms with Crippen LogP contribution in [0.1, 0.15) is 49.0 Å². The van der Waals surface area contributed by atoms with Gasteiger partial charge in [0.1, 0.15) is 21.7 Å². The Kier molecular flexibility index (Phi) is 5.05. The van der Waals surface area contributed by atoms with Crippen molar-refractivity contribution < 1.29 is 14.0 Å². The molecule has 0 aliphatic carbocycles. The van der Waals surface area contributed by atoms with Crippen LogP contribution in [0, 0.1) is 5.82 Å². The number of halogens is 1. The second-order valence-corrected chi connectivity index (χ2v) is 9.18. The summed E-state index contributed by atoms with van der Waals surface area (Å²) >= 11 is 1.23. The maximum atomic E-state index is 13.3. The van der Waals surface area contributed by atoms with Crippen LogP contribution in [0.2, 0.25) is 0 Å². The van der Waals surface area contributed by atoms with Gasteiger partial charge in [-0.05, 0) is 55.7 Å². The smallest absolute Gasteiger partial charge is 0.283 e. The molecule has 0 saturated carbocycles. The van der Waals surface area contributed by atoms with Gasteiger partial charge in [-0.2, -0.15) is 0 Å². The molecule has 0 unspecified atom stereocenters. The van der Waals surface area contributed by atoms with E-state index in [-0.39, 0.29) is 23.5 Å². The molecule has 8 heteroatoms. The molecular weight excluding hydrogens is 403 g/mol. The van der Waals surface area contributed by atoms with E-state index in [9.17, 15) is 14.0 Å². The summed E-state index contributed by atoms with van der Waals surface area (Å²) in [7, 11) is 0. The van der Waals surface area contributed by atoms with Gasteiger partial charge in [0.15, 0.2) is 5.01 Å². The van der Waals surface area contributed by atoms with Crippen LogP contribution in [-0.4, -0.2) is 45.3 Å². The Morgan fingerprint density at radius 1 is 1.23 bits per heavy atom. The van der Waals surface area contributed by atoms with Gasteiger partial charge in [-0.15, -0.1) is 0 Å². The lowest BCUT2D eigenvalue weighted by Gasteiger charge is -2.40. The number of rotatable bonds is 3. The molecule has 3 aromatic rings. The highest BCUT2D eigenvalue weighted by atomic mass is 32.1. The largest absolute Gasteiger partial charge is 0.352 e. The van der Waals surface area contributed by atoms with E-state index >= 15 is 0 Å². The van der Waals surface area contributed by atoms with Crippen molar-refractivity contribution in [3.05, 3.63) is 46.7 Å². The number of nitrogens with zero attached hydrogens (tertiary/aromatic N) is 3. The van der Waals surface area contributed by atoms with Crippen LogP contribution < -0.4 is 5.32 Å². The van der Waals surface area contributed by atoms with Crippen molar-refractivity contribution >= 4 is 33.5 Å². The van der Waals surface area contributed by atoms with Crippen molar-refractivity contribution in [3.63, 3.8) is 0 Å². The van der Waals surface area contributed by atoms with Crippen LogP contribution in [0.3, 0.4) is 0 Å². The lowest BCUT2D eigenvalue weighted by molar-refractivity contribution is -0.133. The first-order chi connectivity index (χ1) is 14.2. The molecule has 0 bridgehead atoms. The van der Waals surface area contributed by atoms with E-state index in [1.165, 1.54) is 23.5 Å². The van der Waals surface area contributed by atoms with Crippen molar-refractivity contribution in [1.29, 1.82) is 0 Å². The standard InChI is InChI=1S/C22H23FN4O2S/c1-12(2)15-11-16(13-5-7-14(23)8-6-13)25-18-17(15)26-19(30-18)20(28)27-10-9-24-21(29)22(27,3)4/h5-8,11-12H,9-10H2,1-4H3,(H,24,29). The van der Waals surface area contributed by atoms with E-state index in [2.05, 4.69) is 24.1 Å². The second-order valence-electron chi connectivity index (χ2n) is 8.20. The first-order valence-electron chi connectivity index (χ1n) is 9.86. The Morgan fingerprint density at radius 2 is 1.93 bits per heavy atom. The minimum Gasteiger partial charge on any atom is -0.352 e. The Labute approximate surface area is 178 Å². The Morgan fingerprint density at radius 3 is 2.60 bits per heavy atom. The quantitative estimate of drug-likeness (QED) is 0.688. The highest BCUT2D eigenvalue weighted by Gasteiger charge is 2.41. The van der Waals surface area contributed by atoms with Crippen molar-refractivity contribution in [2.75, 3.05) is 13.1 Å². The Hall–Kier alpha value is -2.87. The van der Waals surface area contributed by atoms with E-state index in [1.54, 1.807) is 30.9 Å². The van der Waals surface area contributed by atoms with Crippen LogP contribution in [0.4, 0.5) is 4.39 Å². The second kappa shape index (κ2) is 7.43. The van der Waals surface area contributed by atoms with Crippen LogP contribution in [0.25, 0.3) is 21.6 Å². The predicted octanol–water partition coefficient (Wildman–Crippen LogP) is 3.97. The Balaban J connectivity index is 1.80. The normalized spacial score (nSPS) is 16.2. The summed E-state index contributed by atoms with van der Waals surface area (Å²) in [6, 6.07) is 8.14. The van der Waals surface area contributed by atoms with Gasteiger partial charge < -0.3 is 10.2 Å². The number of pyridine rings is 1. The molecule has 1 aromatic carbocycles. The topological polar surface area (TPSA) is 75.2 Å². The van der Waals surface area contributed by atoms with E-state index in [0.717, 1.165) is 11.1 Å². The predicted molar refractivity (Wildman–Crippen MR) is 115 cm³/mol. The number of aromatic nitrogens is 2. The van der Waals surface area contributed by atoms with Gasteiger partial charge in [0.2, 0.25) is 5.91 Å². The molecule has 4 rings (SSSR count). The van der Waals surface area contributed by atoms with E-state index in [1.807, 2.05) is 6.07 Å². The Bertz CT molecular complexity index is 1140. The molecule has 2 aromatic heterocycles. The molecule has 2 amide bonds. The first kappa shape index (κ1) is 20.4. The molecule has 1 saturated heterocycles. The summed E-state index contributed by atoms with van der Waals surface area (Å²) in [5.74, 6) is -0.585. The minimum absolute atomic E-state index is 0.164. The number of carbonyl (C=O) groups is 2. The molecule has 1 aliphatic heterocycles. The molecule has 1 fully saturated rings. The molecule has 1 N–H and O–H groups in total. The third kappa shape index (κ3) is 3.45. The van der Waals surface area contributed by atoms with Gasteiger partial charge >= 0.3 is 0 Å². The number of benzene rings is 1. The fraction of sp³-hybridized carbons (Fsp3) is 0.364. The number of carbonyl (C=O) groups excluding carboxylic acids is 2. The molecule has 0 spiro atoms. The number of hydrogen-bond donors (Lipinski definition) is 1. The third-order valence-corrected chi connectivity index (χ3v) is 6.38. The minimum atomic E-state index is -0.944. The molecule has 0 atom stereocenters. The summed E-state index contributed by atoms with van der Waals surface area (Å²) in [5.41, 5.74) is 2.25. The maximum absolute atomic E-state index is 13.3. The summed E-state index contributed by atoms with van der Waals surface area (Å²) in [4.78, 5) is 37.0. The van der Waals surface area contributed by atoms with Gasteiger partial charge in [-0.1, -0.05) is 25.2 Å². The zero-order chi connectivity index (χ0) is 21.6. The van der Waals surface area contributed by atoms with Crippen LogP contribution in [-0.2, 0) is 4.79 Å². The zero-order valence-corrected chi connectivity index (χ0v) is 18.1. The summed E-state index contributed by atoms with van der Waals surface area (Å²) in [6.07, 6.45) is 0. The van der Waals surface area contributed by atoms with Crippen molar-refractivity contribution in [3.8, 4) is 11.3 Å². The van der Waals surface area contributed by atoms with Crippen LogP contribution in [0.5, 0.6) is 0 Å². The van der Waals surface area contributed by atoms with Gasteiger partial charge in [-0.25, -0.2) is 14.4 Å². The molecule has 0 radical (unpaired) electrons. The van der Waals surface area contributed by atoms with Gasteiger partial charge in [0.25, 0.3) is 5.91 Å².